The Hall–Kier alpha value is -2.02. The van der Waals surface area contributed by atoms with Crippen molar-refractivity contribution in [2.75, 3.05) is 18.5 Å². The molecule has 3 N–H and O–H groups in total. The van der Waals surface area contributed by atoms with Gasteiger partial charge in [-0.3, -0.25) is 0 Å². The van der Waals surface area contributed by atoms with E-state index in [0.717, 1.165) is 19.1 Å². The number of nitrogens with zero attached hydrogens (tertiary/aromatic N) is 2. The SMILES string of the molecule is N=Cc1cnc(C(=O)O)nc1NC1CCOCC1. The van der Waals surface area contributed by atoms with Crippen LogP contribution in [0.15, 0.2) is 6.20 Å². The van der Waals surface area contributed by atoms with Crippen molar-refractivity contribution < 1.29 is 14.6 Å². The third kappa shape index (κ3) is 2.80. The number of nitrogens with one attached hydrogen (secondary N) is 2. The average Bonchev–Trinajstić information content (AvgIpc) is 2.39. The van der Waals surface area contributed by atoms with Crippen LogP contribution in [0.25, 0.3) is 0 Å². The second kappa shape index (κ2) is 5.54. The highest BCUT2D eigenvalue weighted by Crippen LogP contribution is 2.16. The maximum Gasteiger partial charge on any atom is 0.374 e. The number of aromatic carboxylic acids is 1. The lowest BCUT2D eigenvalue weighted by atomic mass is 10.1. The van der Waals surface area contributed by atoms with Crippen LogP contribution < -0.4 is 5.32 Å². The van der Waals surface area contributed by atoms with E-state index in [-0.39, 0.29) is 11.9 Å². The van der Waals surface area contributed by atoms with Crippen LogP contribution in [0.1, 0.15) is 29.0 Å². The molecule has 96 valence electrons. The number of ether oxygens (including phenoxy) is 1. The van der Waals surface area contributed by atoms with Crippen LogP contribution in [0.4, 0.5) is 5.82 Å². The first-order valence-electron chi connectivity index (χ1n) is 5.66. The summed E-state index contributed by atoms with van der Waals surface area (Å²) < 4.78 is 5.24. The Labute approximate surface area is 104 Å². The Bertz CT molecular complexity index is 458. The quantitative estimate of drug-likeness (QED) is 0.681. The number of rotatable bonds is 4. The summed E-state index contributed by atoms with van der Waals surface area (Å²) in [5.41, 5.74) is 0.478. The minimum atomic E-state index is -1.18. The van der Waals surface area contributed by atoms with E-state index in [1.807, 2.05) is 0 Å². The summed E-state index contributed by atoms with van der Waals surface area (Å²) in [6, 6.07) is 0.189. The van der Waals surface area contributed by atoms with Crippen molar-refractivity contribution in [3.05, 3.63) is 17.6 Å². The molecule has 1 aromatic heterocycles. The normalized spacial score (nSPS) is 16.2. The summed E-state index contributed by atoms with van der Waals surface area (Å²) in [5.74, 6) is -1.05. The second-order valence-corrected chi connectivity index (χ2v) is 3.98. The molecule has 7 nitrogen and oxygen atoms in total. The minimum absolute atomic E-state index is 0.189. The smallest absolute Gasteiger partial charge is 0.374 e. The standard InChI is InChI=1S/C11H14N4O3/c12-5-7-6-13-10(11(16)17)15-9(7)14-8-1-3-18-4-2-8/h5-6,8,12H,1-4H2,(H,16,17)(H,13,14,15). The lowest BCUT2D eigenvalue weighted by Gasteiger charge is -2.24. The lowest BCUT2D eigenvalue weighted by molar-refractivity contribution is 0.0683. The molecule has 0 unspecified atom stereocenters. The van der Waals surface area contributed by atoms with E-state index in [4.69, 9.17) is 15.3 Å². The lowest BCUT2D eigenvalue weighted by Crippen LogP contribution is -2.29. The summed E-state index contributed by atoms with van der Waals surface area (Å²) in [7, 11) is 0. The van der Waals surface area contributed by atoms with E-state index in [2.05, 4.69) is 15.3 Å². The molecule has 1 aliphatic heterocycles. The van der Waals surface area contributed by atoms with Crippen LogP contribution in [-0.2, 0) is 4.74 Å². The van der Waals surface area contributed by atoms with Gasteiger partial charge in [0.2, 0.25) is 5.82 Å². The fourth-order valence-electron chi connectivity index (χ4n) is 1.75. The van der Waals surface area contributed by atoms with Gasteiger partial charge >= 0.3 is 5.97 Å². The number of anilines is 1. The van der Waals surface area contributed by atoms with Crippen molar-refractivity contribution in [1.82, 2.24) is 9.97 Å². The predicted octanol–water partition coefficient (Wildman–Crippen LogP) is 0.763. The third-order valence-electron chi connectivity index (χ3n) is 2.73. The third-order valence-corrected chi connectivity index (χ3v) is 2.73. The molecule has 1 saturated heterocycles. The van der Waals surface area contributed by atoms with E-state index >= 15 is 0 Å². The Morgan fingerprint density at radius 1 is 1.56 bits per heavy atom. The second-order valence-electron chi connectivity index (χ2n) is 3.98. The van der Waals surface area contributed by atoms with Crippen molar-refractivity contribution in [1.29, 1.82) is 5.41 Å². The fraction of sp³-hybridized carbons (Fsp3) is 0.455. The van der Waals surface area contributed by atoms with Crippen molar-refractivity contribution in [2.24, 2.45) is 0 Å². The molecule has 1 aliphatic rings. The van der Waals surface area contributed by atoms with Crippen molar-refractivity contribution >= 4 is 18.0 Å². The first kappa shape index (κ1) is 12.4. The Morgan fingerprint density at radius 2 is 2.28 bits per heavy atom. The van der Waals surface area contributed by atoms with Gasteiger partial charge in [-0.15, -0.1) is 0 Å². The molecular formula is C11H14N4O3. The summed E-state index contributed by atoms with van der Waals surface area (Å²) >= 11 is 0. The molecule has 0 amide bonds. The van der Waals surface area contributed by atoms with Crippen molar-refractivity contribution in [3.63, 3.8) is 0 Å². The molecule has 18 heavy (non-hydrogen) atoms. The van der Waals surface area contributed by atoms with Crippen molar-refractivity contribution in [2.45, 2.75) is 18.9 Å². The molecule has 0 atom stereocenters. The van der Waals surface area contributed by atoms with E-state index in [1.165, 1.54) is 6.20 Å². The molecule has 2 heterocycles. The van der Waals surface area contributed by atoms with Gasteiger partial charge in [0.25, 0.3) is 0 Å². The van der Waals surface area contributed by atoms with Gasteiger partial charge in [-0.1, -0.05) is 0 Å². The Morgan fingerprint density at radius 3 is 2.89 bits per heavy atom. The van der Waals surface area contributed by atoms with Gasteiger partial charge < -0.3 is 20.6 Å². The number of hydrogen-bond donors (Lipinski definition) is 3. The first-order chi connectivity index (χ1) is 8.70. The Kier molecular flexibility index (Phi) is 3.83. The highest BCUT2D eigenvalue weighted by molar-refractivity contribution is 5.87. The largest absolute Gasteiger partial charge is 0.475 e. The molecular weight excluding hydrogens is 236 g/mol. The molecule has 0 aliphatic carbocycles. The van der Waals surface area contributed by atoms with Gasteiger partial charge in [0.15, 0.2) is 0 Å². The topological polar surface area (TPSA) is 108 Å². The van der Waals surface area contributed by atoms with Crippen LogP contribution in [0.2, 0.25) is 0 Å². The number of carboxylic acid groups (broad SMARTS) is 1. The number of aromatic nitrogens is 2. The number of carbonyl (C=O) groups is 1. The Balaban J connectivity index is 2.20. The highest BCUT2D eigenvalue weighted by Gasteiger charge is 2.17. The molecule has 7 heteroatoms. The highest BCUT2D eigenvalue weighted by atomic mass is 16.5. The van der Waals surface area contributed by atoms with Crippen LogP contribution in [0, 0.1) is 5.41 Å². The molecule has 0 saturated carbocycles. The van der Waals surface area contributed by atoms with Crippen LogP contribution in [0.5, 0.6) is 0 Å². The van der Waals surface area contributed by atoms with Crippen LogP contribution >= 0.6 is 0 Å². The summed E-state index contributed by atoms with van der Waals surface area (Å²) in [4.78, 5) is 18.4. The van der Waals surface area contributed by atoms with E-state index in [9.17, 15) is 4.79 Å². The molecule has 0 bridgehead atoms. The zero-order chi connectivity index (χ0) is 13.0. The molecule has 0 aromatic carbocycles. The van der Waals surface area contributed by atoms with Crippen LogP contribution in [-0.4, -0.2) is 46.5 Å². The number of carboxylic acids is 1. The minimum Gasteiger partial charge on any atom is -0.475 e. The fourth-order valence-corrected chi connectivity index (χ4v) is 1.75. The van der Waals surface area contributed by atoms with Crippen LogP contribution in [0.3, 0.4) is 0 Å². The average molecular weight is 250 g/mol. The first-order valence-corrected chi connectivity index (χ1v) is 5.66. The maximum absolute atomic E-state index is 10.8. The molecule has 1 fully saturated rings. The zero-order valence-corrected chi connectivity index (χ0v) is 9.72. The van der Waals surface area contributed by atoms with Gasteiger partial charge in [0.1, 0.15) is 5.82 Å². The van der Waals surface area contributed by atoms with E-state index in [1.54, 1.807) is 0 Å². The summed E-state index contributed by atoms with van der Waals surface area (Å²) in [6.07, 6.45) is 4.12. The molecule has 0 radical (unpaired) electrons. The maximum atomic E-state index is 10.8. The number of hydrogen-bond acceptors (Lipinski definition) is 6. The molecule has 0 spiro atoms. The zero-order valence-electron chi connectivity index (χ0n) is 9.72. The molecule has 1 aromatic rings. The van der Waals surface area contributed by atoms with Gasteiger partial charge in [0.05, 0.1) is 5.56 Å². The van der Waals surface area contributed by atoms with Gasteiger partial charge in [-0.25, -0.2) is 14.8 Å². The monoisotopic (exact) mass is 250 g/mol. The summed E-state index contributed by atoms with van der Waals surface area (Å²) in [6.45, 7) is 1.35. The van der Waals surface area contributed by atoms with Gasteiger partial charge in [0, 0.05) is 31.7 Å². The van der Waals surface area contributed by atoms with Crippen molar-refractivity contribution in [3.8, 4) is 0 Å². The summed E-state index contributed by atoms with van der Waals surface area (Å²) in [5, 5.41) is 19.3. The van der Waals surface area contributed by atoms with E-state index in [0.29, 0.717) is 24.6 Å². The van der Waals surface area contributed by atoms with Gasteiger partial charge in [-0.2, -0.15) is 0 Å². The van der Waals surface area contributed by atoms with Gasteiger partial charge in [-0.05, 0) is 12.8 Å². The van der Waals surface area contributed by atoms with E-state index < -0.39 is 5.97 Å². The predicted molar refractivity (Wildman–Crippen MR) is 64.3 cm³/mol. The molecule has 2 rings (SSSR count).